The second-order valence-corrected chi connectivity index (χ2v) is 6.45. The van der Waals surface area contributed by atoms with E-state index in [9.17, 15) is 10.1 Å². The molecule has 1 aromatic heterocycles. The van der Waals surface area contributed by atoms with Gasteiger partial charge in [0.15, 0.2) is 0 Å². The summed E-state index contributed by atoms with van der Waals surface area (Å²) in [5.41, 5.74) is 3.67. The van der Waals surface area contributed by atoms with Crippen molar-refractivity contribution in [3.63, 3.8) is 0 Å². The maximum atomic E-state index is 11.6. The zero-order chi connectivity index (χ0) is 17.3. The Morgan fingerprint density at radius 3 is 2.71 bits per heavy atom. The SMILES string of the molecule is CC(=O)N(C)C1CCN(c2c(C#N)cnc3c(C)cccc23)CC1. The quantitative estimate of drug-likeness (QED) is 0.853. The van der Waals surface area contributed by atoms with Gasteiger partial charge in [0.1, 0.15) is 6.07 Å². The lowest BCUT2D eigenvalue weighted by Gasteiger charge is -2.38. The Kier molecular flexibility index (Phi) is 4.39. The fourth-order valence-electron chi connectivity index (χ4n) is 3.51. The van der Waals surface area contributed by atoms with Crippen LogP contribution < -0.4 is 4.90 Å². The van der Waals surface area contributed by atoms with Crippen molar-refractivity contribution in [1.82, 2.24) is 9.88 Å². The van der Waals surface area contributed by atoms with Crippen molar-refractivity contribution in [1.29, 1.82) is 5.26 Å². The van der Waals surface area contributed by atoms with Crippen LogP contribution in [-0.2, 0) is 4.79 Å². The Balaban J connectivity index is 1.95. The van der Waals surface area contributed by atoms with E-state index < -0.39 is 0 Å². The summed E-state index contributed by atoms with van der Waals surface area (Å²) in [6.07, 6.45) is 3.51. The maximum absolute atomic E-state index is 11.6. The number of pyridine rings is 1. The molecule has 1 fully saturated rings. The van der Waals surface area contributed by atoms with Gasteiger partial charge < -0.3 is 9.80 Å². The van der Waals surface area contributed by atoms with E-state index in [1.165, 1.54) is 0 Å². The van der Waals surface area contributed by atoms with Crippen molar-refractivity contribution in [2.45, 2.75) is 32.7 Å². The molecule has 2 heterocycles. The number of aryl methyl sites for hydroxylation is 1. The molecule has 1 aliphatic heterocycles. The molecule has 0 radical (unpaired) electrons. The van der Waals surface area contributed by atoms with Crippen molar-refractivity contribution in [2.75, 3.05) is 25.0 Å². The minimum absolute atomic E-state index is 0.108. The summed E-state index contributed by atoms with van der Waals surface area (Å²) in [5.74, 6) is 0.108. The number of fused-ring (bicyclic) bond motifs is 1. The van der Waals surface area contributed by atoms with Crippen molar-refractivity contribution in [3.05, 3.63) is 35.5 Å². The molecule has 0 unspecified atom stereocenters. The third-order valence-electron chi connectivity index (χ3n) is 5.02. The molecule has 0 bridgehead atoms. The van der Waals surface area contributed by atoms with Crippen LogP contribution in [0.4, 0.5) is 5.69 Å². The third-order valence-corrected chi connectivity index (χ3v) is 5.02. The van der Waals surface area contributed by atoms with Gasteiger partial charge in [0.05, 0.1) is 16.8 Å². The Bertz CT molecular complexity index is 816. The van der Waals surface area contributed by atoms with Gasteiger partial charge in [-0.3, -0.25) is 9.78 Å². The zero-order valence-corrected chi connectivity index (χ0v) is 14.4. The summed E-state index contributed by atoms with van der Waals surface area (Å²) < 4.78 is 0. The summed E-state index contributed by atoms with van der Waals surface area (Å²) in [6.45, 7) is 5.33. The van der Waals surface area contributed by atoms with E-state index in [0.29, 0.717) is 5.56 Å². The monoisotopic (exact) mass is 322 g/mol. The number of carbonyl (C=O) groups excluding carboxylic acids is 1. The fraction of sp³-hybridized carbons (Fsp3) is 0.421. The van der Waals surface area contributed by atoms with Crippen molar-refractivity contribution in [2.24, 2.45) is 0 Å². The number of rotatable bonds is 2. The van der Waals surface area contributed by atoms with Crippen LogP contribution >= 0.6 is 0 Å². The van der Waals surface area contributed by atoms with Gasteiger partial charge in [-0.15, -0.1) is 0 Å². The minimum atomic E-state index is 0.108. The summed E-state index contributed by atoms with van der Waals surface area (Å²) >= 11 is 0. The molecule has 1 amide bonds. The number of nitrogens with zero attached hydrogens (tertiary/aromatic N) is 4. The number of hydrogen-bond donors (Lipinski definition) is 0. The predicted molar refractivity (Wildman–Crippen MR) is 94.9 cm³/mol. The smallest absolute Gasteiger partial charge is 0.219 e. The fourth-order valence-corrected chi connectivity index (χ4v) is 3.51. The van der Waals surface area contributed by atoms with Gasteiger partial charge in [-0.05, 0) is 25.3 Å². The van der Waals surface area contributed by atoms with E-state index in [4.69, 9.17) is 0 Å². The van der Waals surface area contributed by atoms with E-state index >= 15 is 0 Å². The van der Waals surface area contributed by atoms with Crippen LogP contribution in [0.25, 0.3) is 10.9 Å². The van der Waals surface area contributed by atoms with Gasteiger partial charge >= 0.3 is 0 Å². The zero-order valence-electron chi connectivity index (χ0n) is 14.4. The lowest BCUT2D eigenvalue weighted by molar-refractivity contribution is -0.129. The number of piperidine rings is 1. The van der Waals surface area contributed by atoms with Crippen LogP contribution in [0.5, 0.6) is 0 Å². The Morgan fingerprint density at radius 2 is 2.08 bits per heavy atom. The molecule has 1 aromatic carbocycles. The van der Waals surface area contributed by atoms with E-state index in [-0.39, 0.29) is 11.9 Å². The largest absolute Gasteiger partial charge is 0.370 e. The van der Waals surface area contributed by atoms with Crippen molar-refractivity contribution < 1.29 is 4.79 Å². The normalized spacial score (nSPS) is 15.3. The van der Waals surface area contributed by atoms with E-state index in [1.807, 2.05) is 37.1 Å². The van der Waals surface area contributed by atoms with Crippen molar-refractivity contribution >= 4 is 22.5 Å². The number of para-hydroxylation sites is 1. The minimum Gasteiger partial charge on any atom is -0.370 e. The number of hydrogen-bond acceptors (Lipinski definition) is 4. The number of aromatic nitrogens is 1. The van der Waals surface area contributed by atoms with E-state index in [2.05, 4.69) is 16.0 Å². The van der Waals surface area contributed by atoms with E-state index in [0.717, 1.165) is 48.1 Å². The number of carbonyl (C=O) groups is 1. The van der Waals surface area contributed by atoms with Crippen LogP contribution in [-0.4, -0.2) is 42.0 Å². The van der Waals surface area contributed by atoms with E-state index in [1.54, 1.807) is 13.1 Å². The standard InChI is InChI=1S/C19H22N4O/c1-13-5-4-6-17-18(13)21-12-15(11-20)19(17)23-9-7-16(8-10-23)22(3)14(2)24/h4-6,12,16H,7-10H2,1-3H3. The van der Waals surface area contributed by atoms with Crippen LogP contribution in [0.2, 0.25) is 0 Å². The molecular formula is C19H22N4O. The molecule has 1 saturated heterocycles. The first-order chi connectivity index (χ1) is 11.5. The molecule has 0 saturated carbocycles. The van der Waals surface area contributed by atoms with Gasteiger partial charge in [-0.2, -0.15) is 5.26 Å². The summed E-state index contributed by atoms with van der Waals surface area (Å²) in [4.78, 5) is 20.1. The van der Waals surface area contributed by atoms with Gasteiger partial charge in [-0.1, -0.05) is 18.2 Å². The molecule has 0 aliphatic carbocycles. The molecule has 0 N–H and O–H groups in total. The second kappa shape index (κ2) is 6.48. The number of amides is 1. The highest BCUT2D eigenvalue weighted by Crippen LogP contribution is 2.33. The Hall–Kier alpha value is -2.61. The first-order valence-corrected chi connectivity index (χ1v) is 8.29. The van der Waals surface area contributed by atoms with Gasteiger partial charge in [0.2, 0.25) is 5.91 Å². The van der Waals surface area contributed by atoms with Crippen LogP contribution in [0, 0.1) is 18.3 Å². The molecule has 2 aromatic rings. The molecule has 3 rings (SSSR count). The molecular weight excluding hydrogens is 300 g/mol. The second-order valence-electron chi connectivity index (χ2n) is 6.45. The Morgan fingerprint density at radius 1 is 1.38 bits per heavy atom. The van der Waals surface area contributed by atoms with Gasteiger partial charge in [0, 0.05) is 44.7 Å². The summed E-state index contributed by atoms with van der Waals surface area (Å²) in [7, 11) is 1.87. The molecule has 24 heavy (non-hydrogen) atoms. The molecule has 0 spiro atoms. The Labute approximate surface area is 142 Å². The summed E-state index contributed by atoms with van der Waals surface area (Å²) in [5, 5.41) is 10.6. The highest BCUT2D eigenvalue weighted by atomic mass is 16.2. The first-order valence-electron chi connectivity index (χ1n) is 8.29. The molecule has 1 aliphatic rings. The number of benzene rings is 1. The van der Waals surface area contributed by atoms with Gasteiger partial charge in [0.25, 0.3) is 0 Å². The molecule has 5 heteroatoms. The topological polar surface area (TPSA) is 60.2 Å². The lowest BCUT2D eigenvalue weighted by Crippen LogP contribution is -2.45. The average molecular weight is 322 g/mol. The van der Waals surface area contributed by atoms with Crippen LogP contribution in [0.15, 0.2) is 24.4 Å². The van der Waals surface area contributed by atoms with Crippen LogP contribution in [0.3, 0.4) is 0 Å². The van der Waals surface area contributed by atoms with Crippen molar-refractivity contribution in [3.8, 4) is 6.07 Å². The molecule has 124 valence electrons. The average Bonchev–Trinajstić information content (AvgIpc) is 2.60. The van der Waals surface area contributed by atoms with Gasteiger partial charge in [-0.25, -0.2) is 0 Å². The number of anilines is 1. The number of nitriles is 1. The lowest BCUT2D eigenvalue weighted by atomic mass is 10.00. The predicted octanol–water partition coefficient (Wildman–Crippen LogP) is 2.86. The molecule has 5 nitrogen and oxygen atoms in total. The van der Waals surface area contributed by atoms with Crippen LogP contribution in [0.1, 0.15) is 30.9 Å². The summed E-state index contributed by atoms with van der Waals surface area (Å²) in [6, 6.07) is 8.66. The first kappa shape index (κ1) is 16.3. The molecule has 0 atom stereocenters. The third kappa shape index (κ3) is 2.80. The highest BCUT2D eigenvalue weighted by molar-refractivity contribution is 5.96. The highest BCUT2D eigenvalue weighted by Gasteiger charge is 2.26. The maximum Gasteiger partial charge on any atom is 0.219 e.